The van der Waals surface area contributed by atoms with E-state index in [0.29, 0.717) is 6.61 Å². The lowest BCUT2D eigenvalue weighted by Crippen LogP contribution is -2.26. The van der Waals surface area contributed by atoms with E-state index in [0.717, 1.165) is 38.0 Å². The van der Waals surface area contributed by atoms with E-state index in [9.17, 15) is 4.79 Å². The summed E-state index contributed by atoms with van der Waals surface area (Å²) in [4.78, 5) is 14.8. The first-order valence-corrected chi connectivity index (χ1v) is 8.57. The minimum absolute atomic E-state index is 0.0832. The van der Waals surface area contributed by atoms with Crippen molar-refractivity contribution in [1.82, 2.24) is 4.90 Å². The van der Waals surface area contributed by atoms with Crippen LogP contribution in [0.2, 0.25) is 0 Å². The van der Waals surface area contributed by atoms with Crippen LogP contribution in [-0.2, 0) is 9.53 Å². The minimum Gasteiger partial charge on any atom is -0.465 e. The van der Waals surface area contributed by atoms with Gasteiger partial charge in [0.25, 0.3) is 0 Å². The highest BCUT2D eigenvalue weighted by Gasteiger charge is 2.27. The topological polar surface area (TPSA) is 29.5 Å². The molecule has 22 heavy (non-hydrogen) atoms. The number of rotatable bonds is 10. The van der Waals surface area contributed by atoms with Gasteiger partial charge in [0.05, 0.1) is 12.5 Å². The summed E-state index contributed by atoms with van der Waals surface area (Å²) >= 11 is 0. The Bertz CT molecular complexity index is 415. The maximum atomic E-state index is 12.5. The molecule has 3 nitrogen and oxygen atoms in total. The summed E-state index contributed by atoms with van der Waals surface area (Å²) < 4.78 is 5.56. The molecular formula is C19H31NO2. The van der Waals surface area contributed by atoms with E-state index < -0.39 is 0 Å². The van der Waals surface area contributed by atoms with Crippen molar-refractivity contribution in [1.29, 1.82) is 0 Å². The van der Waals surface area contributed by atoms with E-state index in [1.54, 1.807) is 0 Å². The molecule has 0 amide bonds. The quantitative estimate of drug-likeness (QED) is 0.481. The first-order valence-electron chi connectivity index (χ1n) is 8.57. The molecule has 124 valence electrons. The van der Waals surface area contributed by atoms with Crippen molar-refractivity contribution in [2.75, 3.05) is 26.2 Å². The average Bonchev–Trinajstić information content (AvgIpc) is 2.56. The molecule has 0 N–H and O–H groups in total. The lowest BCUT2D eigenvalue weighted by Gasteiger charge is -2.22. The highest BCUT2D eigenvalue weighted by atomic mass is 16.5. The van der Waals surface area contributed by atoms with Gasteiger partial charge >= 0.3 is 5.97 Å². The maximum Gasteiger partial charge on any atom is 0.313 e. The average molecular weight is 305 g/mol. The summed E-state index contributed by atoms with van der Waals surface area (Å²) in [7, 11) is 0. The molecule has 0 aromatic heterocycles. The Labute approximate surface area is 135 Å². The van der Waals surface area contributed by atoms with Crippen LogP contribution in [0.4, 0.5) is 0 Å². The SMILES string of the molecule is CC[C@H](C)C(C(=O)OCCCN(CC)CC)c1ccccc1. The summed E-state index contributed by atoms with van der Waals surface area (Å²) in [5, 5.41) is 0. The van der Waals surface area contributed by atoms with E-state index in [1.807, 2.05) is 30.3 Å². The molecule has 2 atom stereocenters. The van der Waals surface area contributed by atoms with Gasteiger partial charge < -0.3 is 9.64 Å². The number of esters is 1. The van der Waals surface area contributed by atoms with Gasteiger partial charge in [0.2, 0.25) is 0 Å². The summed E-state index contributed by atoms with van der Waals surface area (Å²) in [6.45, 7) is 12.1. The zero-order chi connectivity index (χ0) is 16.4. The standard InChI is InChI=1S/C19H31NO2/c1-5-16(4)18(17-12-9-8-10-13-17)19(21)22-15-11-14-20(6-2)7-3/h8-10,12-13,16,18H,5-7,11,14-15H2,1-4H3/t16-,18?/m0/s1. The second-order valence-electron chi connectivity index (χ2n) is 5.82. The van der Waals surface area contributed by atoms with Gasteiger partial charge in [0, 0.05) is 6.54 Å². The van der Waals surface area contributed by atoms with Crippen molar-refractivity contribution in [2.24, 2.45) is 5.92 Å². The largest absolute Gasteiger partial charge is 0.465 e. The van der Waals surface area contributed by atoms with Crippen LogP contribution in [-0.4, -0.2) is 37.1 Å². The number of hydrogen-bond donors (Lipinski definition) is 0. The molecule has 3 heteroatoms. The van der Waals surface area contributed by atoms with Gasteiger partial charge in [0.15, 0.2) is 0 Å². The molecule has 0 aliphatic carbocycles. The Morgan fingerprint density at radius 1 is 1.14 bits per heavy atom. The number of nitrogens with zero attached hydrogens (tertiary/aromatic N) is 1. The monoisotopic (exact) mass is 305 g/mol. The molecule has 0 saturated carbocycles. The van der Waals surface area contributed by atoms with Gasteiger partial charge in [-0.1, -0.05) is 64.4 Å². The number of carbonyl (C=O) groups excluding carboxylic acids is 1. The van der Waals surface area contributed by atoms with Crippen LogP contribution in [0.1, 0.15) is 52.0 Å². The van der Waals surface area contributed by atoms with Crippen molar-refractivity contribution in [3.05, 3.63) is 35.9 Å². The van der Waals surface area contributed by atoms with Gasteiger partial charge in [-0.25, -0.2) is 0 Å². The Morgan fingerprint density at radius 3 is 2.32 bits per heavy atom. The van der Waals surface area contributed by atoms with Gasteiger partial charge in [-0.15, -0.1) is 0 Å². The summed E-state index contributed by atoms with van der Waals surface area (Å²) in [5.74, 6) is 0.0532. The Kier molecular flexibility index (Phi) is 8.83. The number of hydrogen-bond acceptors (Lipinski definition) is 3. The van der Waals surface area contributed by atoms with Crippen LogP contribution >= 0.6 is 0 Å². The molecule has 1 aromatic carbocycles. The van der Waals surface area contributed by atoms with Gasteiger partial charge in [0.1, 0.15) is 0 Å². The Morgan fingerprint density at radius 2 is 1.77 bits per heavy atom. The van der Waals surface area contributed by atoms with Crippen LogP contribution in [0.25, 0.3) is 0 Å². The van der Waals surface area contributed by atoms with Crippen molar-refractivity contribution in [3.63, 3.8) is 0 Å². The van der Waals surface area contributed by atoms with Gasteiger partial charge in [-0.05, 0) is 31.0 Å². The molecule has 0 fully saturated rings. The van der Waals surface area contributed by atoms with Crippen molar-refractivity contribution < 1.29 is 9.53 Å². The second-order valence-corrected chi connectivity index (χ2v) is 5.82. The van der Waals surface area contributed by atoms with Crippen LogP contribution in [0.15, 0.2) is 30.3 Å². The summed E-state index contributed by atoms with van der Waals surface area (Å²) in [6.07, 6.45) is 1.86. The van der Waals surface area contributed by atoms with Crippen LogP contribution in [0, 0.1) is 5.92 Å². The molecule has 1 unspecified atom stereocenters. The maximum absolute atomic E-state index is 12.5. The fourth-order valence-electron chi connectivity index (χ4n) is 2.68. The lowest BCUT2D eigenvalue weighted by atomic mass is 9.86. The van der Waals surface area contributed by atoms with Crippen molar-refractivity contribution >= 4 is 5.97 Å². The highest BCUT2D eigenvalue weighted by molar-refractivity contribution is 5.78. The van der Waals surface area contributed by atoms with E-state index in [-0.39, 0.29) is 17.8 Å². The Balaban J connectivity index is 2.55. The molecule has 1 rings (SSSR count). The summed E-state index contributed by atoms with van der Waals surface area (Å²) in [6, 6.07) is 9.99. The molecule has 1 aromatic rings. The first kappa shape index (κ1) is 18.7. The first-order chi connectivity index (χ1) is 10.6. The molecular weight excluding hydrogens is 274 g/mol. The number of benzene rings is 1. The van der Waals surface area contributed by atoms with E-state index >= 15 is 0 Å². The predicted octanol–water partition coefficient (Wildman–Crippen LogP) is 4.09. The molecule has 0 spiro atoms. The minimum atomic E-state index is -0.153. The third kappa shape index (κ3) is 5.80. The number of ether oxygens (including phenoxy) is 1. The van der Waals surface area contributed by atoms with E-state index in [4.69, 9.17) is 4.74 Å². The van der Waals surface area contributed by atoms with Crippen LogP contribution in [0.5, 0.6) is 0 Å². The normalized spacial score (nSPS) is 13.9. The third-order valence-corrected chi connectivity index (χ3v) is 4.38. The number of carbonyl (C=O) groups is 1. The van der Waals surface area contributed by atoms with E-state index in [2.05, 4.69) is 32.6 Å². The zero-order valence-electron chi connectivity index (χ0n) is 14.5. The molecule has 0 bridgehead atoms. The molecule has 0 aliphatic heterocycles. The smallest absolute Gasteiger partial charge is 0.313 e. The van der Waals surface area contributed by atoms with Crippen molar-refractivity contribution in [2.45, 2.75) is 46.5 Å². The second kappa shape index (κ2) is 10.4. The predicted molar refractivity (Wildman–Crippen MR) is 92.0 cm³/mol. The third-order valence-electron chi connectivity index (χ3n) is 4.38. The highest BCUT2D eigenvalue weighted by Crippen LogP contribution is 2.28. The van der Waals surface area contributed by atoms with Crippen LogP contribution < -0.4 is 0 Å². The van der Waals surface area contributed by atoms with Gasteiger partial charge in [-0.2, -0.15) is 0 Å². The molecule has 0 saturated heterocycles. The molecule has 0 radical (unpaired) electrons. The Hall–Kier alpha value is -1.35. The molecule has 0 heterocycles. The molecule has 0 aliphatic rings. The lowest BCUT2D eigenvalue weighted by molar-refractivity contribution is -0.147. The fourth-order valence-corrected chi connectivity index (χ4v) is 2.68. The van der Waals surface area contributed by atoms with Crippen LogP contribution in [0.3, 0.4) is 0 Å². The fraction of sp³-hybridized carbons (Fsp3) is 0.632. The van der Waals surface area contributed by atoms with Crippen molar-refractivity contribution in [3.8, 4) is 0 Å². The zero-order valence-corrected chi connectivity index (χ0v) is 14.5. The van der Waals surface area contributed by atoms with E-state index in [1.165, 1.54) is 0 Å². The van der Waals surface area contributed by atoms with Gasteiger partial charge in [-0.3, -0.25) is 4.79 Å². The summed E-state index contributed by atoms with van der Waals surface area (Å²) in [5.41, 5.74) is 1.06.